The maximum Gasteiger partial charge on any atom is 0.259 e. The first-order chi connectivity index (χ1) is 11.6. The molecule has 0 radical (unpaired) electrons. The van der Waals surface area contributed by atoms with Crippen LogP contribution in [-0.2, 0) is 6.61 Å². The van der Waals surface area contributed by atoms with Crippen LogP contribution in [0.5, 0.6) is 5.75 Å². The van der Waals surface area contributed by atoms with Crippen LogP contribution >= 0.6 is 34.5 Å². The van der Waals surface area contributed by atoms with Gasteiger partial charge in [0.15, 0.2) is 5.01 Å². The van der Waals surface area contributed by atoms with E-state index in [4.69, 9.17) is 27.9 Å². The van der Waals surface area contributed by atoms with Crippen LogP contribution in [0.3, 0.4) is 0 Å². The molecule has 1 amide bonds. The van der Waals surface area contributed by atoms with Gasteiger partial charge in [-0.1, -0.05) is 46.7 Å². The van der Waals surface area contributed by atoms with E-state index in [1.165, 1.54) is 11.3 Å². The normalized spacial score (nSPS) is 10.4. The van der Waals surface area contributed by atoms with Crippen molar-refractivity contribution in [2.75, 3.05) is 5.32 Å². The highest BCUT2D eigenvalue weighted by Gasteiger charge is 2.13. The van der Waals surface area contributed by atoms with Gasteiger partial charge < -0.3 is 4.74 Å². The minimum absolute atomic E-state index is 0.251. The molecular formula is C16H11Cl2N3O2S. The van der Waals surface area contributed by atoms with Crippen molar-refractivity contribution in [1.29, 1.82) is 0 Å². The predicted molar refractivity (Wildman–Crippen MR) is 95.1 cm³/mol. The number of carbonyl (C=O) groups is 1. The summed E-state index contributed by atoms with van der Waals surface area (Å²) >= 11 is 13.0. The van der Waals surface area contributed by atoms with Crippen molar-refractivity contribution in [2.45, 2.75) is 6.61 Å². The zero-order valence-corrected chi connectivity index (χ0v) is 14.5. The molecule has 0 unspecified atom stereocenters. The third-order valence-corrected chi connectivity index (χ3v) is 4.38. The molecule has 0 saturated heterocycles. The third-order valence-electron chi connectivity index (χ3n) is 2.98. The lowest BCUT2D eigenvalue weighted by Crippen LogP contribution is -2.12. The Bertz CT molecular complexity index is 853. The number of carbonyl (C=O) groups excluding carboxylic acids is 1. The Morgan fingerprint density at radius 3 is 2.58 bits per heavy atom. The van der Waals surface area contributed by atoms with Crippen molar-refractivity contribution < 1.29 is 9.53 Å². The first-order valence-electron chi connectivity index (χ1n) is 6.88. The Kier molecular flexibility index (Phi) is 5.30. The highest BCUT2D eigenvalue weighted by molar-refractivity contribution is 7.15. The summed E-state index contributed by atoms with van der Waals surface area (Å²) in [5.41, 5.74) is 0.383. The topological polar surface area (TPSA) is 64.1 Å². The van der Waals surface area contributed by atoms with Crippen LogP contribution in [0.4, 0.5) is 5.13 Å². The van der Waals surface area contributed by atoms with Gasteiger partial charge in [-0.2, -0.15) is 0 Å². The lowest BCUT2D eigenvalue weighted by molar-refractivity contribution is 0.102. The fraction of sp³-hybridized carbons (Fsp3) is 0.0625. The highest BCUT2D eigenvalue weighted by Crippen LogP contribution is 2.21. The molecule has 122 valence electrons. The molecule has 0 aliphatic heterocycles. The quantitative estimate of drug-likeness (QED) is 0.698. The molecule has 0 spiro atoms. The Balaban J connectivity index is 1.60. The Morgan fingerprint density at radius 1 is 1.08 bits per heavy atom. The predicted octanol–water partition coefficient (Wildman–Crippen LogP) is 4.68. The molecule has 1 aromatic heterocycles. The number of nitrogens with one attached hydrogen (secondary N) is 1. The summed E-state index contributed by atoms with van der Waals surface area (Å²) in [6.07, 6.45) is 0. The van der Waals surface area contributed by atoms with Gasteiger partial charge in [0.05, 0.1) is 10.6 Å². The van der Waals surface area contributed by atoms with Gasteiger partial charge in [-0.25, -0.2) is 0 Å². The van der Waals surface area contributed by atoms with E-state index in [1.807, 2.05) is 0 Å². The SMILES string of the molecule is O=C(Nc1nnc(COc2ccc(Cl)cc2)s1)c1ccccc1Cl. The van der Waals surface area contributed by atoms with Crippen molar-refractivity contribution >= 4 is 45.6 Å². The molecule has 1 N–H and O–H groups in total. The third kappa shape index (κ3) is 4.23. The number of hydrogen-bond acceptors (Lipinski definition) is 5. The lowest BCUT2D eigenvalue weighted by Gasteiger charge is -2.03. The first-order valence-corrected chi connectivity index (χ1v) is 8.46. The zero-order chi connectivity index (χ0) is 16.9. The van der Waals surface area contributed by atoms with Crippen LogP contribution in [0, 0.1) is 0 Å². The Hall–Kier alpha value is -2.15. The van der Waals surface area contributed by atoms with Crippen LogP contribution in [0.25, 0.3) is 0 Å². The zero-order valence-electron chi connectivity index (χ0n) is 12.2. The maximum atomic E-state index is 12.2. The summed E-state index contributed by atoms with van der Waals surface area (Å²) < 4.78 is 5.58. The van der Waals surface area contributed by atoms with Crippen LogP contribution in [0.2, 0.25) is 10.0 Å². The standard InChI is InChI=1S/C16H11Cl2N3O2S/c17-10-5-7-11(8-6-10)23-9-14-20-21-16(24-14)19-15(22)12-3-1-2-4-13(12)18/h1-8H,9H2,(H,19,21,22). The minimum atomic E-state index is -0.332. The number of ether oxygens (including phenoxy) is 1. The summed E-state index contributed by atoms with van der Waals surface area (Å²) in [5, 5.41) is 12.6. The molecule has 1 heterocycles. The molecule has 8 heteroatoms. The van der Waals surface area contributed by atoms with Gasteiger partial charge in [-0.15, -0.1) is 10.2 Å². The highest BCUT2D eigenvalue weighted by atomic mass is 35.5. The molecule has 24 heavy (non-hydrogen) atoms. The van der Waals surface area contributed by atoms with E-state index < -0.39 is 0 Å². The van der Waals surface area contributed by atoms with Crippen molar-refractivity contribution in [3.05, 3.63) is 69.1 Å². The number of halogens is 2. The number of rotatable bonds is 5. The molecule has 0 saturated carbocycles. The Labute approximate surface area is 152 Å². The average Bonchev–Trinajstić information content (AvgIpc) is 3.02. The molecule has 0 fully saturated rings. The summed E-state index contributed by atoms with van der Waals surface area (Å²) in [6, 6.07) is 13.8. The second kappa shape index (κ2) is 7.61. The monoisotopic (exact) mass is 379 g/mol. The minimum Gasteiger partial charge on any atom is -0.486 e. The smallest absolute Gasteiger partial charge is 0.259 e. The molecule has 3 rings (SSSR count). The Morgan fingerprint density at radius 2 is 1.83 bits per heavy atom. The fourth-order valence-electron chi connectivity index (χ4n) is 1.85. The van der Waals surface area contributed by atoms with Gasteiger partial charge in [0.25, 0.3) is 5.91 Å². The maximum absolute atomic E-state index is 12.2. The molecule has 5 nitrogen and oxygen atoms in total. The van der Waals surface area contributed by atoms with Crippen molar-refractivity contribution in [1.82, 2.24) is 10.2 Å². The van der Waals surface area contributed by atoms with E-state index in [0.29, 0.717) is 31.5 Å². The average molecular weight is 380 g/mol. The number of aromatic nitrogens is 2. The molecule has 2 aromatic carbocycles. The number of nitrogens with zero attached hydrogens (tertiary/aromatic N) is 2. The fourth-order valence-corrected chi connectivity index (χ4v) is 2.84. The molecule has 0 aliphatic rings. The van der Waals surface area contributed by atoms with Crippen LogP contribution in [0.15, 0.2) is 48.5 Å². The van der Waals surface area contributed by atoms with Gasteiger partial charge in [-0.05, 0) is 36.4 Å². The lowest BCUT2D eigenvalue weighted by atomic mass is 10.2. The van der Waals surface area contributed by atoms with E-state index in [9.17, 15) is 4.79 Å². The first kappa shape index (κ1) is 16.7. The second-order valence-corrected chi connectivity index (χ2v) is 6.58. The summed E-state index contributed by atoms with van der Waals surface area (Å²) in [6.45, 7) is 0.251. The number of hydrogen-bond donors (Lipinski definition) is 1. The van der Waals surface area contributed by atoms with Gasteiger partial charge in [0.2, 0.25) is 5.13 Å². The molecule has 0 atom stereocenters. The van der Waals surface area contributed by atoms with Gasteiger partial charge in [-0.3, -0.25) is 10.1 Å². The van der Waals surface area contributed by atoms with E-state index in [2.05, 4.69) is 15.5 Å². The van der Waals surface area contributed by atoms with Crippen molar-refractivity contribution in [2.24, 2.45) is 0 Å². The molecular weight excluding hydrogens is 369 g/mol. The van der Waals surface area contributed by atoms with E-state index in [1.54, 1.807) is 48.5 Å². The molecule has 0 bridgehead atoms. The van der Waals surface area contributed by atoms with Crippen LogP contribution in [-0.4, -0.2) is 16.1 Å². The van der Waals surface area contributed by atoms with Gasteiger partial charge >= 0.3 is 0 Å². The van der Waals surface area contributed by atoms with Crippen LogP contribution in [0.1, 0.15) is 15.4 Å². The summed E-state index contributed by atoms with van der Waals surface area (Å²) in [7, 11) is 0. The van der Waals surface area contributed by atoms with E-state index >= 15 is 0 Å². The van der Waals surface area contributed by atoms with Crippen molar-refractivity contribution in [3.8, 4) is 5.75 Å². The van der Waals surface area contributed by atoms with E-state index in [0.717, 1.165) is 0 Å². The summed E-state index contributed by atoms with van der Waals surface area (Å²) in [5.74, 6) is 0.346. The summed E-state index contributed by atoms with van der Waals surface area (Å²) in [4.78, 5) is 12.2. The molecule has 0 aliphatic carbocycles. The largest absolute Gasteiger partial charge is 0.486 e. The van der Waals surface area contributed by atoms with Gasteiger partial charge in [0, 0.05) is 5.02 Å². The molecule has 3 aromatic rings. The van der Waals surface area contributed by atoms with Crippen LogP contribution < -0.4 is 10.1 Å². The number of amides is 1. The second-order valence-electron chi connectivity index (χ2n) is 4.68. The van der Waals surface area contributed by atoms with E-state index in [-0.39, 0.29) is 12.5 Å². The number of benzene rings is 2. The number of anilines is 1. The van der Waals surface area contributed by atoms with Gasteiger partial charge in [0.1, 0.15) is 12.4 Å². The van der Waals surface area contributed by atoms with Crippen molar-refractivity contribution in [3.63, 3.8) is 0 Å².